The van der Waals surface area contributed by atoms with Crippen LogP contribution in [0.15, 0.2) is 23.1 Å². The first-order valence-corrected chi connectivity index (χ1v) is 6.71. The van der Waals surface area contributed by atoms with Crippen molar-refractivity contribution in [3.05, 3.63) is 28.8 Å². The van der Waals surface area contributed by atoms with Crippen LogP contribution in [-0.4, -0.2) is 28.8 Å². The van der Waals surface area contributed by atoms with E-state index in [0.717, 1.165) is 0 Å². The van der Waals surface area contributed by atoms with Gasteiger partial charge in [-0.25, -0.2) is 4.79 Å². The van der Waals surface area contributed by atoms with E-state index in [1.165, 1.54) is 23.9 Å². The first kappa shape index (κ1) is 14.9. The summed E-state index contributed by atoms with van der Waals surface area (Å²) in [6.45, 7) is 3.76. The van der Waals surface area contributed by atoms with Crippen molar-refractivity contribution in [2.24, 2.45) is 0 Å². The molecular weight excluding hydrogens is 274 g/mol. The molecule has 0 bridgehead atoms. The monoisotopic (exact) mass is 287 g/mol. The number of nitrogens with one attached hydrogen (secondary N) is 1. The van der Waals surface area contributed by atoms with Crippen LogP contribution in [0.5, 0.6) is 0 Å². The van der Waals surface area contributed by atoms with Gasteiger partial charge in [0.15, 0.2) is 0 Å². The Balaban J connectivity index is 2.66. The van der Waals surface area contributed by atoms with Gasteiger partial charge in [0, 0.05) is 10.9 Å². The average molecular weight is 288 g/mol. The number of carboxylic acids is 1. The molecule has 0 saturated carbocycles. The number of carbonyl (C=O) groups excluding carboxylic acids is 1. The number of benzene rings is 1. The number of thioether (sulfide) groups is 1. The number of hydrogen-bond donors (Lipinski definition) is 2. The summed E-state index contributed by atoms with van der Waals surface area (Å²) < 4.78 is 0. The number of rotatable bonds is 5. The molecule has 4 nitrogen and oxygen atoms in total. The van der Waals surface area contributed by atoms with Crippen molar-refractivity contribution in [3.63, 3.8) is 0 Å². The quantitative estimate of drug-likeness (QED) is 0.817. The van der Waals surface area contributed by atoms with Crippen LogP contribution in [0.3, 0.4) is 0 Å². The molecule has 18 heavy (non-hydrogen) atoms. The second-order valence-electron chi connectivity index (χ2n) is 3.96. The number of halogens is 1. The van der Waals surface area contributed by atoms with E-state index in [0.29, 0.717) is 4.90 Å². The molecule has 0 aliphatic rings. The van der Waals surface area contributed by atoms with Crippen molar-refractivity contribution in [2.45, 2.75) is 24.8 Å². The lowest BCUT2D eigenvalue weighted by atomic mass is 10.2. The maximum absolute atomic E-state index is 11.4. The fraction of sp³-hybridized carbons (Fsp3) is 0.333. The van der Waals surface area contributed by atoms with Gasteiger partial charge >= 0.3 is 5.97 Å². The van der Waals surface area contributed by atoms with Crippen LogP contribution in [0, 0.1) is 0 Å². The number of carboxylic acid groups (broad SMARTS) is 1. The van der Waals surface area contributed by atoms with Gasteiger partial charge in [0.25, 0.3) is 0 Å². The Kier molecular flexibility index (Phi) is 5.50. The predicted molar refractivity (Wildman–Crippen MR) is 72.4 cm³/mol. The Labute approximate surface area is 115 Å². The van der Waals surface area contributed by atoms with Gasteiger partial charge in [-0.3, -0.25) is 4.79 Å². The lowest BCUT2D eigenvalue weighted by Crippen LogP contribution is -2.31. The van der Waals surface area contributed by atoms with E-state index in [1.54, 1.807) is 6.07 Å². The van der Waals surface area contributed by atoms with Gasteiger partial charge in [-0.05, 0) is 32.0 Å². The first-order valence-electron chi connectivity index (χ1n) is 5.35. The molecule has 0 fully saturated rings. The van der Waals surface area contributed by atoms with Gasteiger partial charge in [-0.1, -0.05) is 11.6 Å². The van der Waals surface area contributed by atoms with Crippen LogP contribution in [0.4, 0.5) is 0 Å². The molecule has 2 N–H and O–H groups in total. The molecular formula is C12H14ClNO3S. The first-order chi connectivity index (χ1) is 8.40. The number of amides is 1. The van der Waals surface area contributed by atoms with Crippen LogP contribution in [0.25, 0.3) is 0 Å². The molecule has 0 atom stereocenters. The minimum Gasteiger partial charge on any atom is -0.478 e. The van der Waals surface area contributed by atoms with Crippen molar-refractivity contribution >= 4 is 35.2 Å². The fourth-order valence-corrected chi connectivity index (χ4v) is 2.22. The highest BCUT2D eigenvalue weighted by molar-refractivity contribution is 8.00. The van der Waals surface area contributed by atoms with Crippen molar-refractivity contribution in [3.8, 4) is 0 Å². The van der Waals surface area contributed by atoms with E-state index in [4.69, 9.17) is 16.7 Å². The molecule has 0 radical (unpaired) electrons. The molecule has 0 spiro atoms. The van der Waals surface area contributed by atoms with Gasteiger partial charge in [0.05, 0.1) is 16.3 Å². The van der Waals surface area contributed by atoms with E-state index >= 15 is 0 Å². The fourth-order valence-electron chi connectivity index (χ4n) is 1.27. The Hall–Kier alpha value is -1.20. The minimum absolute atomic E-state index is 0.0472. The predicted octanol–water partition coefficient (Wildman–Crippen LogP) is 2.65. The van der Waals surface area contributed by atoms with Gasteiger partial charge in [0.2, 0.25) is 5.91 Å². The van der Waals surface area contributed by atoms with Crippen molar-refractivity contribution in [2.75, 3.05) is 5.75 Å². The molecule has 98 valence electrons. The normalized spacial score (nSPS) is 10.4. The van der Waals surface area contributed by atoms with Crippen LogP contribution in [0.2, 0.25) is 5.02 Å². The molecule has 0 heterocycles. The third kappa shape index (κ3) is 4.58. The number of carbonyl (C=O) groups is 2. The maximum Gasteiger partial charge on any atom is 0.337 e. The van der Waals surface area contributed by atoms with Crippen LogP contribution in [0.1, 0.15) is 24.2 Å². The van der Waals surface area contributed by atoms with Gasteiger partial charge in [-0.2, -0.15) is 0 Å². The topological polar surface area (TPSA) is 66.4 Å². The molecule has 1 rings (SSSR count). The molecule has 1 aromatic carbocycles. The van der Waals surface area contributed by atoms with Crippen molar-refractivity contribution in [1.82, 2.24) is 5.32 Å². The summed E-state index contributed by atoms with van der Waals surface area (Å²) in [5, 5.41) is 11.9. The lowest BCUT2D eigenvalue weighted by Gasteiger charge is -2.08. The van der Waals surface area contributed by atoms with E-state index in [1.807, 2.05) is 13.8 Å². The van der Waals surface area contributed by atoms with Crippen molar-refractivity contribution in [1.29, 1.82) is 0 Å². The van der Waals surface area contributed by atoms with Crippen LogP contribution >= 0.6 is 23.4 Å². The van der Waals surface area contributed by atoms with E-state index < -0.39 is 5.97 Å². The zero-order valence-electron chi connectivity index (χ0n) is 10.1. The smallest absolute Gasteiger partial charge is 0.337 e. The summed E-state index contributed by atoms with van der Waals surface area (Å²) in [4.78, 5) is 23.0. The minimum atomic E-state index is -1.07. The van der Waals surface area contributed by atoms with E-state index in [-0.39, 0.29) is 28.3 Å². The highest BCUT2D eigenvalue weighted by Gasteiger charge is 2.10. The molecule has 0 aromatic heterocycles. The molecule has 6 heteroatoms. The Morgan fingerprint density at radius 3 is 2.67 bits per heavy atom. The standard InChI is InChI=1S/C12H14ClNO3S/c1-7(2)14-11(15)6-18-8-3-4-10(13)9(5-8)12(16)17/h3-5,7H,6H2,1-2H3,(H,14,15)(H,16,17). The van der Waals surface area contributed by atoms with E-state index in [9.17, 15) is 9.59 Å². The maximum atomic E-state index is 11.4. The summed E-state index contributed by atoms with van der Waals surface area (Å²) in [7, 11) is 0. The largest absolute Gasteiger partial charge is 0.478 e. The second-order valence-corrected chi connectivity index (χ2v) is 5.41. The highest BCUT2D eigenvalue weighted by atomic mass is 35.5. The Morgan fingerprint density at radius 2 is 2.11 bits per heavy atom. The van der Waals surface area contributed by atoms with E-state index in [2.05, 4.69) is 5.32 Å². The summed E-state index contributed by atoms with van der Waals surface area (Å²) in [5.41, 5.74) is 0.0472. The summed E-state index contributed by atoms with van der Waals surface area (Å²) in [5.74, 6) is -0.908. The Morgan fingerprint density at radius 1 is 1.44 bits per heavy atom. The zero-order chi connectivity index (χ0) is 13.7. The van der Waals surface area contributed by atoms with Crippen molar-refractivity contribution < 1.29 is 14.7 Å². The molecule has 0 aliphatic heterocycles. The molecule has 1 amide bonds. The zero-order valence-corrected chi connectivity index (χ0v) is 11.6. The van der Waals surface area contributed by atoms with Gasteiger partial charge < -0.3 is 10.4 Å². The third-order valence-electron chi connectivity index (χ3n) is 1.99. The summed E-state index contributed by atoms with van der Waals surface area (Å²) in [6.07, 6.45) is 0. The van der Waals surface area contributed by atoms with Crippen LogP contribution < -0.4 is 5.32 Å². The number of aromatic carboxylic acids is 1. The summed E-state index contributed by atoms with van der Waals surface area (Å²) in [6, 6.07) is 4.78. The van der Waals surface area contributed by atoms with Gasteiger partial charge in [-0.15, -0.1) is 11.8 Å². The molecule has 0 aliphatic carbocycles. The van der Waals surface area contributed by atoms with Gasteiger partial charge in [0.1, 0.15) is 0 Å². The molecule has 0 saturated heterocycles. The average Bonchev–Trinajstić information content (AvgIpc) is 2.26. The SMILES string of the molecule is CC(C)NC(=O)CSc1ccc(Cl)c(C(=O)O)c1. The van der Waals surface area contributed by atoms with Crippen LogP contribution in [-0.2, 0) is 4.79 Å². The third-order valence-corrected chi connectivity index (χ3v) is 3.31. The second kappa shape index (κ2) is 6.66. The lowest BCUT2D eigenvalue weighted by molar-refractivity contribution is -0.119. The Bertz CT molecular complexity index is 463. The highest BCUT2D eigenvalue weighted by Crippen LogP contribution is 2.24. The summed E-state index contributed by atoms with van der Waals surface area (Å²) >= 11 is 7.03. The molecule has 1 aromatic rings. The number of hydrogen-bond acceptors (Lipinski definition) is 3. The molecule has 0 unspecified atom stereocenters.